The van der Waals surface area contributed by atoms with E-state index in [0.29, 0.717) is 18.2 Å². The van der Waals surface area contributed by atoms with Crippen molar-refractivity contribution in [3.05, 3.63) is 28.5 Å². The lowest BCUT2D eigenvalue weighted by atomic mass is 10.1. The van der Waals surface area contributed by atoms with Crippen LogP contribution in [-0.2, 0) is 27.4 Å². The van der Waals surface area contributed by atoms with Gasteiger partial charge < -0.3 is 14.2 Å². The fourth-order valence-electron chi connectivity index (χ4n) is 1.96. The molecular formula is C13H18ClNO3. The van der Waals surface area contributed by atoms with Crippen molar-refractivity contribution in [2.45, 2.75) is 38.8 Å². The molecule has 0 bridgehead atoms. The van der Waals surface area contributed by atoms with Crippen LogP contribution in [0.2, 0.25) is 5.02 Å². The summed E-state index contributed by atoms with van der Waals surface area (Å²) in [6.07, 6.45) is 6.49. The molecule has 0 aliphatic carbocycles. The zero-order valence-electron chi connectivity index (χ0n) is 10.5. The van der Waals surface area contributed by atoms with E-state index in [1.165, 1.54) is 0 Å². The van der Waals surface area contributed by atoms with Gasteiger partial charge in [0.05, 0.1) is 18.2 Å². The van der Waals surface area contributed by atoms with Crippen LogP contribution in [0, 0.1) is 0 Å². The number of ether oxygens (including phenoxy) is 3. The third-order valence-electron chi connectivity index (χ3n) is 2.95. The second kappa shape index (κ2) is 7.04. The summed E-state index contributed by atoms with van der Waals surface area (Å²) < 4.78 is 16.4. The maximum Gasteiger partial charge on any atom is 0.158 e. The minimum atomic E-state index is -0.113. The molecule has 5 heteroatoms. The molecule has 1 aromatic rings. The van der Waals surface area contributed by atoms with Gasteiger partial charge in [0, 0.05) is 37.2 Å². The van der Waals surface area contributed by atoms with E-state index >= 15 is 0 Å². The van der Waals surface area contributed by atoms with Gasteiger partial charge in [-0.15, -0.1) is 0 Å². The molecule has 0 saturated carbocycles. The SMILES string of the molecule is COCc1cncc(Cl)c1COC1CCCCO1. The number of aromatic nitrogens is 1. The van der Waals surface area contributed by atoms with E-state index in [1.807, 2.05) is 0 Å². The molecule has 1 aliphatic rings. The first kappa shape index (κ1) is 13.7. The molecule has 0 aromatic carbocycles. The summed E-state index contributed by atoms with van der Waals surface area (Å²) in [5.41, 5.74) is 1.89. The van der Waals surface area contributed by atoms with Crippen LogP contribution in [0.1, 0.15) is 30.4 Å². The first-order chi connectivity index (χ1) is 8.81. The summed E-state index contributed by atoms with van der Waals surface area (Å²) in [6.45, 7) is 1.70. The van der Waals surface area contributed by atoms with Crippen LogP contribution in [0.25, 0.3) is 0 Å². The van der Waals surface area contributed by atoms with Crippen molar-refractivity contribution < 1.29 is 14.2 Å². The summed E-state index contributed by atoms with van der Waals surface area (Å²) in [4.78, 5) is 4.06. The van der Waals surface area contributed by atoms with Crippen molar-refractivity contribution in [1.82, 2.24) is 4.98 Å². The molecule has 0 amide bonds. The van der Waals surface area contributed by atoms with Gasteiger partial charge in [0.25, 0.3) is 0 Å². The lowest BCUT2D eigenvalue weighted by molar-refractivity contribution is -0.169. The van der Waals surface area contributed by atoms with E-state index in [-0.39, 0.29) is 6.29 Å². The first-order valence-electron chi connectivity index (χ1n) is 6.14. The summed E-state index contributed by atoms with van der Waals surface area (Å²) in [5.74, 6) is 0. The van der Waals surface area contributed by atoms with Crippen LogP contribution in [0.5, 0.6) is 0 Å². The molecule has 4 nitrogen and oxygen atoms in total. The maximum absolute atomic E-state index is 6.14. The monoisotopic (exact) mass is 271 g/mol. The molecule has 1 atom stereocenters. The molecule has 1 aliphatic heterocycles. The Bertz CT molecular complexity index is 380. The number of nitrogens with zero attached hydrogens (tertiary/aromatic N) is 1. The Hall–Kier alpha value is -0.680. The minimum absolute atomic E-state index is 0.113. The highest BCUT2D eigenvalue weighted by Gasteiger charge is 2.16. The summed E-state index contributed by atoms with van der Waals surface area (Å²) in [5, 5.41) is 0.611. The molecule has 18 heavy (non-hydrogen) atoms. The quantitative estimate of drug-likeness (QED) is 0.826. The Kier molecular flexibility index (Phi) is 5.38. The average molecular weight is 272 g/mol. The smallest absolute Gasteiger partial charge is 0.158 e. The zero-order chi connectivity index (χ0) is 12.8. The van der Waals surface area contributed by atoms with Gasteiger partial charge in [-0.25, -0.2) is 0 Å². The lowest BCUT2D eigenvalue weighted by Crippen LogP contribution is -2.22. The third kappa shape index (κ3) is 3.65. The van der Waals surface area contributed by atoms with E-state index in [2.05, 4.69) is 4.98 Å². The summed E-state index contributed by atoms with van der Waals surface area (Å²) >= 11 is 6.14. The van der Waals surface area contributed by atoms with Gasteiger partial charge in [0.15, 0.2) is 6.29 Å². The van der Waals surface area contributed by atoms with Crippen LogP contribution in [0.4, 0.5) is 0 Å². The Morgan fingerprint density at radius 3 is 3.00 bits per heavy atom. The number of halogens is 1. The predicted molar refractivity (Wildman–Crippen MR) is 68.3 cm³/mol. The molecule has 0 spiro atoms. The van der Waals surface area contributed by atoms with Gasteiger partial charge in [-0.05, 0) is 19.3 Å². The molecule has 0 N–H and O–H groups in total. The molecule has 1 aromatic heterocycles. The van der Waals surface area contributed by atoms with Crippen LogP contribution >= 0.6 is 11.6 Å². The number of hydrogen-bond donors (Lipinski definition) is 0. The highest BCUT2D eigenvalue weighted by atomic mass is 35.5. The van der Waals surface area contributed by atoms with Crippen molar-refractivity contribution >= 4 is 11.6 Å². The minimum Gasteiger partial charge on any atom is -0.380 e. The van der Waals surface area contributed by atoms with Gasteiger partial charge in [0.1, 0.15) is 0 Å². The van der Waals surface area contributed by atoms with Crippen molar-refractivity contribution in [2.75, 3.05) is 13.7 Å². The first-order valence-corrected chi connectivity index (χ1v) is 6.52. The Morgan fingerprint density at radius 1 is 1.39 bits per heavy atom. The molecule has 0 radical (unpaired) electrons. The van der Waals surface area contributed by atoms with E-state index < -0.39 is 0 Å². The summed E-state index contributed by atoms with van der Waals surface area (Å²) in [6, 6.07) is 0. The van der Waals surface area contributed by atoms with E-state index in [0.717, 1.165) is 37.0 Å². The zero-order valence-corrected chi connectivity index (χ0v) is 11.3. The highest BCUT2D eigenvalue weighted by Crippen LogP contribution is 2.22. The molecule has 1 unspecified atom stereocenters. The van der Waals surface area contributed by atoms with E-state index in [9.17, 15) is 0 Å². The van der Waals surface area contributed by atoms with Gasteiger partial charge in [0.2, 0.25) is 0 Å². The topological polar surface area (TPSA) is 40.6 Å². The molecule has 100 valence electrons. The molecular weight excluding hydrogens is 254 g/mol. The number of rotatable bonds is 5. The second-order valence-electron chi connectivity index (χ2n) is 4.30. The van der Waals surface area contributed by atoms with Crippen LogP contribution in [0.3, 0.4) is 0 Å². The molecule has 1 saturated heterocycles. The number of hydrogen-bond acceptors (Lipinski definition) is 4. The number of pyridine rings is 1. The van der Waals surface area contributed by atoms with Gasteiger partial charge in [-0.2, -0.15) is 0 Å². The molecule has 2 heterocycles. The second-order valence-corrected chi connectivity index (χ2v) is 4.71. The van der Waals surface area contributed by atoms with E-state index in [4.69, 9.17) is 25.8 Å². The van der Waals surface area contributed by atoms with Crippen LogP contribution < -0.4 is 0 Å². The third-order valence-corrected chi connectivity index (χ3v) is 3.27. The highest BCUT2D eigenvalue weighted by molar-refractivity contribution is 6.31. The van der Waals surface area contributed by atoms with Gasteiger partial charge in [-0.1, -0.05) is 11.6 Å². The van der Waals surface area contributed by atoms with Crippen molar-refractivity contribution in [3.63, 3.8) is 0 Å². The maximum atomic E-state index is 6.14. The summed E-state index contributed by atoms with van der Waals surface area (Å²) in [7, 11) is 1.65. The molecule has 1 fully saturated rings. The van der Waals surface area contributed by atoms with Crippen LogP contribution in [0.15, 0.2) is 12.4 Å². The van der Waals surface area contributed by atoms with Gasteiger partial charge >= 0.3 is 0 Å². The lowest BCUT2D eigenvalue weighted by Gasteiger charge is -2.23. The van der Waals surface area contributed by atoms with Gasteiger partial charge in [-0.3, -0.25) is 4.98 Å². The number of methoxy groups -OCH3 is 1. The average Bonchev–Trinajstić information content (AvgIpc) is 2.40. The Labute approximate surface area is 112 Å². The normalized spacial score (nSPS) is 20.0. The Morgan fingerprint density at radius 2 is 2.28 bits per heavy atom. The molecule has 2 rings (SSSR count). The van der Waals surface area contributed by atoms with Crippen molar-refractivity contribution in [2.24, 2.45) is 0 Å². The predicted octanol–water partition coefficient (Wildman–Crippen LogP) is 2.92. The van der Waals surface area contributed by atoms with Crippen molar-refractivity contribution in [3.8, 4) is 0 Å². The fourth-order valence-corrected chi connectivity index (χ4v) is 2.19. The van der Waals surface area contributed by atoms with Crippen LogP contribution in [-0.4, -0.2) is 25.0 Å². The fraction of sp³-hybridized carbons (Fsp3) is 0.615. The Balaban J connectivity index is 1.98. The van der Waals surface area contributed by atoms with E-state index in [1.54, 1.807) is 19.5 Å². The van der Waals surface area contributed by atoms with Crippen molar-refractivity contribution in [1.29, 1.82) is 0 Å². The largest absolute Gasteiger partial charge is 0.380 e. The standard InChI is InChI=1S/C13H18ClNO3/c1-16-8-10-6-15-7-12(14)11(10)9-18-13-4-2-3-5-17-13/h6-7,13H,2-5,8-9H2,1H3.